The normalized spacial score (nSPS) is 17.1. The summed E-state index contributed by atoms with van der Waals surface area (Å²) in [7, 11) is -2.42. The van der Waals surface area contributed by atoms with Crippen molar-refractivity contribution in [3.05, 3.63) is 52.7 Å². The van der Waals surface area contributed by atoms with Crippen LogP contribution in [0, 0.1) is 6.92 Å². The Bertz CT molecular complexity index is 1230. The number of hydrogen-bond donors (Lipinski definition) is 0. The van der Waals surface area contributed by atoms with Crippen LogP contribution in [0.3, 0.4) is 0 Å². The van der Waals surface area contributed by atoms with E-state index in [9.17, 15) is 13.2 Å². The molecule has 176 valence electrons. The Morgan fingerprint density at radius 1 is 1.30 bits per heavy atom. The van der Waals surface area contributed by atoms with Crippen LogP contribution in [0.2, 0.25) is 0 Å². The smallest absolute Gasteiger partial charge is 0.338 e. The van der Waals surface area contributed by atoms with Crippen LogP contribution in [0.5, 0.6) is 5.75 Å². The number of hydrogen-bond acceptors (Lipinski definition) is 8. The van der Waals surface area contributed by atoms with Gasteiger partial charge in [0.2, 0.25) is 15.9 Å². The summed E-state index contributed by atoms with van der Waals surface area (Å²) in [5.74, 6) is 0.573. The van der Waals surface area contributed by atoms with Crippen LogP contribution >= 0.6 is 11.3 Å². The van der Waals surface area contributed by atoms with Gasteiger partial charge in [-0.3, -0.25) is 0 Å². The predicted molar refractivity (Wildman–Crippen MR) is 124 cm³/mol. The van der Waals surface area contributed by atoms with Crippen LogP contribution in [0.4, 0.5) is 0 Å². The third-order valence-corrected chi connectivity index (χ3v) is 8.59. The number of thiophene rings is 1. The highest BCUT2D eigenvalue weighted by molar-refractivity contribution is 7.89. The Morgan fingerprint density at radius 2 is 2.12 bits per heavy atom. The van der Waals surface area contributed by atoms with Gasteiger partial charge >= 0.3 is 5.97 Å². The molecule has 0 radical (unpaired) electrons. The molecule has 33 heavy (non-hydrogen) atoms. The largest absolute Gasteiger partial charge is 0.495 e. The molecule has 0 aliphatic carbocycles. The van der Waals surface area contributed by atoms with E-state index in [1.54, 1.807) is 6.92 Å². The van der Waals surface area contributed by atoms with Crippen molar-refractivity contribution >= 4 is 27.3 Å². The molecular weight excluding hydrogens is 464 g/mol. The van der Waals surface area contributed by atoms with E-state index in [1.807, 2.05) is 24.4 Å². The minimum Gasteiger partial charge on any atom is -0.495 e. The summed E-state index contributed by atoms with van der Waals surface area (Å²) < 4.78 is 44.6. The minimum atomic E-state index is -3.83. The molecule has 3 aromatic rings. The first kappa shape index (κ1) is 23.5. The molecule has 10 heteroatoms. The number of carbonyl (C=O) groups is 1. The average molecular weight is 491 g/mol. The van der Waals surface area contributed by atoms with Gasteiger partial charge in [0.05, 0.1) is 17.6 Å². The minimum absolute atomic E-state index is 0.0363. The number of piperidine rings is 1. The summed E-state index contributed by atoms with van der Waals surface area (Å²) in [5, 5.41) is 1.93. The summed E-state index contributed by atoms with van der Waals surface area (Å²) in [6.07, 6.45) is 2.60. The molecule has 1 atom stereocenters. The Morgan fingerprint density at radius 3 is 2.82 bits per heavy atom. The monoisotopic (exact) mass is 490 g/mol. The zero-order chi connectivity index (χ0) is 23.6. The van der Waals surface area contributed by atoms with Crippen LogP contribution < -0.4 is 4.74 Å². The SMILES string of the molecule is COc1ccc(C(=O)OCc2nc(-c3cccs3)oc2C)cc1S(=O)(=O)N1CCCCC1C. The maximum Gasteiger partial charge on any atom is 0.338 e. The Kier molecular flexibility index (Phi) is 6.87. The van der Waals surface area contributed by atoms with Crippen LogP contribution in [0.15, 0.2) is 45.0 Å². The van der Waals surface area contributed by atoms with Gasteiger partial charge in [-0.1, -0.05) is 12.5 Å². The molecule has 0 spiro atoms. The van der Waals surface area contributed by atoms with E-state index in [0.717, 1.165) is 24.1 Å². The molecule has 1 fully saturated rings. The summed E-state index contributed by atoms with van der Waals surface area (Å²) in [5.41, 5.74) is 0.633. The fourth-order valence-corrected chi connectivity index (χ4v) is 6.38. The number of rotatable bonds is 7. The van der Waals surface area contributed by atoms with Crippen molar-refractivity contribution < 1.29 is 27.1 Å². The molecule has 1 unspecified atom stereocenters. The van der Waals surface area contributed by atoms with Gasteiger partial charge in [-0.15, -0.1) is 11.3 Å². The van der Waals surface area contributed by atoms with Crippen LogP contribution in [0.1, 0.15) is 48.0 Å². The number of aryl methyl sites for hydroxylation is 1. The van der Waals surface area contributed by atoms with Crippen LogP contribution in [-0.4, -0.2) is 43.4 Å². The molecule has 0 amide bonds. The van der Waals surface area contributed by atoms with Crippen molar-refractivity contribution in [1.82, 2.24) is 9.29 Å². The van der Waals surface area contributed by atoms with Gasteiger partial charge < -0.3 is 13.9 Å². The van der Waals surface area contributed by atoms with Gasteiger partial charge in [0, 0.05) is 12.6 Å². The zero-order valence-electron chi connectivity index (χ0n) is 18.7. The molecule has 4 rings (SSSR count). The standard InChI is InChI=1S/C23H26N2O6S2/c1-15-7-4-5-11-25(15)33(27,28)21-13-17(9-10-19(21)29-3)23(26)30-14-18-16(2)31-22(24-18)20-8-6-12-32-20/h6,8-10,12-13,15H,4-5,7,11,14H2,1-3H3. The van der Waals surface area contributed by atoms with Crippen molar-refractivity contribution in [2.45, 2.75) is 50.7 Å². The maximum absolute atomic E-state index is 13.4. The molecular formula is C23H26N2O6S2. The number of oxazole rings is 1. The van der Waals surface area contributed by atoms with Gasteiger partial charge in [0.15, 0.2) is 0 Å². The fraction of sp³-hybridized carbons (Fsp3) is 0.391. The summed E-state index contributed by atoms with van der Waals surface area (Å²) >= 11 is 1.50. The van der Waals surface area contributed by atoms with Crippen LogP contribution in [-0.2, 0) is 21.4 Å². The van der Waals surface area contributed by atoms with Crippen molar-refractivity contribution in [2.24, 2.45) is 0 Å². The van der Waals surface area contributed by atoms with E-state index in [1.165, 1.54) is 41.0 Å². The van der Waals surface area contributed by atoms with E-state index in [2.05, 4.69) is 4.98 Å². The highest BCUT2D eigenvalue weighted by Crippen LogP contribution is 2.32. The highest BCUT2D eigenvalue weighted by Gasteiger charge is 2.33. The van der Waals surface area contributed by atoms with E-state index in [-0.39, 0.29) is 28.9 Å². The summed E-state index contributed by atoms with van der Waals surface area (Å²) in [4.78, 5) is 18.0. The molecule has 8 nitrogen and oxygen atoms in total. The third-order valence-electron chi connectivity index (χ3n) is 5.69. The average Bonchev–Trinajstić information content (AvgIpc) is 3.47. The number of esters is 1. The lowest BCUT2D eigenvalue weighted by Crippen LogP contribution is -2.42. The van der Waals surface area contributed by atoms with E-state index in [0.29, 0.717) is 23.9 Å². The lowest BCUT2D eigenvalue weighted by Gasteiger charge is -2.32. The van der Waals surface area contributed by atoms with Crippen molar-refractivity contribution in [1.29, 1.82) is 0 Å². The highest BCUT2D eigenvalue weighted by atomic mass is 32.2. The first-order valence-corrected chi connectivity index (χ1v) is 13.0. The zero-order valence-corrected chi connectivity index (χ0v) is 20.4. The summed E-state index contributed by atoms with van der Waals surface area (Å²) in [6.45, 7) is 4.01. The Balaban J connectivity index is 1.54. The van der Waals surface area contributed by atoms with Gasteiger partial charge in [-0.25, -0.2) is 18.2 Å². The van der Waals surface area contributed by atoms with Gasteiger partial charge in [-0.2, -0.15) is 4.31 Å². The molecule has 1 saturated heterocycles. The Labute approximate surface area is 197 Å². The topological polar surface area (TPSA) is 98.9 Å². The van der Waals surface area contributed by atoms with Crippen LogP contribution in [0.25, 0.3) is 10.8 Å². The van der Waals surface area contributed by atoms with Crippen molar-refractivity contribution in [2.75, 3.05) is 13.7 Å². The number of sulfonamides is 1. The number of ether oxygens (including phenoxy) is 2. The second-order valence-corrected chi connectivity index (χ2v) is 10.7. The first-order valence-electron chi connectivity index (χ1n) is 10.7. The molecule has 0 N–H and O–H groups in total. The number of carbonyl (C=O) groups excluding carboxylic acids is 1. The number of methoxy groups -OCH3 is 1. The second kappa shape index (κ2) is 9.66. The van der Waals surface area contributed by atoms with Crippen molar-refractivity contribution in [3.8, 4) is 16.5 Å². The molecule has 1 aliphatic rings. The molecule has 0 bridgehead atoms. The fourth-order valence-electron chi connectivity index (χ4n) is 3.85. The summed E-state index contributed by atoms with van der Waals surface area (Å²) in [6, 6.07) is 7.98. The molecule has 1 aliphatic heterocycles. The first-order chi connectivity index (χ1) is 15.8. The van der Waals surface area contributed by atoms with E-state index < -0.39 is 16.0 Å². The van der Waals surface area contributed by atoms with E-state index >= 15 is 0 Å². The number of benzene rings is 1. The number of nitrogens with zero attached hydrogens (tertiary/aromatic N) is 2. The predicted octanol–water partition coefficient (Wildman–Crippen LogP) is 4.64. The molecule has 1 aromatic carbocycles. The maximum atomic E-state index is 13.4. The molecule has 0 saturated carbocycles. The lowest BCUT2D eigenvalue weighted by molar-refractivity contribution is 0.0466. The van der Waals surface area contributed by atoms with Gasteiger partial charge in [0.25, 0.3) is 0 Å². The molecule has 2 aromatic heterocycles. The van der Waals surface area contributed by atoms with Crippen molar-refractivity contribution in [3.63, 3.8) is 0 Å². The van der Waals surface area contributed by atoms with Gasteiger partial charge in [-0.05, 0) is 56.3 Å². The second-order valence-electron chi connectivity index (χ2n) is 7.90. The Hall–Kier alpha value is -2.69. The quantitative estimate of drug-likeness (QED) is 0.445. The lowest BCUT2D eigenvalue weighted by atomic mass is 10.1. The number of aromatic nitrogens is 1. The van der Waals surface area contributed by atoms with Gasteiger partial charge in [0.1, 0.15) is 28.7 Å². The third kappa shape index (κ3) is 4.83. The van der Waals surface area contributed by atoms with E-state index in [4.69, 9.17) is 13.9 Å². The molecule has 3 heterocycles.